The number of ether oxygens (including phenoxy) is 1. The van der Waals surface area contributed by atoms with Crippen molar-refractivity contribution < 1.29 is 4.74 Å². The molecule has 0 spiro atoms. The fraction of sp³-hybridized carbons (Fsp3) is 0.333. The van der Waals surface area contributed by atoms with E-state index in [2.05, 4.69) is 13.5 Å². The van der Waals surface area contributed by atoms with Crippen LogP contribution in [0.2, 0.25) is 5.02 Å². The van der Waals surface area contributed by atoms with Gasteiger partial charge in [-0.1, -0.05) is 23.7 Å². The number of halogens is 1. The molecule has 0 saturated carbocycles. The Balaban J connectivity index is 2.37. The summed E-state index contributed by atoms with van der Waals surface area (Å²) in [7, 11) is 0. The van der Waals surface area contributed by atoms with E-state index >= 15 is 0 Å². The number of hydrogen-bond acceptors (Lipinski definition) is 2. The molecule has 1 aromatic rings. The van der Waals surface area contributed by atoms with Crippen LogP contribution in [0.1, 0.15) is 6.92 Å². The molecule has 82 valence electrons. The van der Waals surface area contributed by atoms with E-state index in [-0.39, 0.29) is 6.10 Å². The van der Waals surface area contributed by atoms with Gasteiger partial charge in [0, 0.05) is 16.5 Å². The topological polar surface area (TPSA) is 9.23 Å². The number of benzene rings is 1. The lowest BCUT2D eigenvalue weighted by Crippen LogP contribution is -2.14. The Labute approximate surface area is 100 Å². The summed E-state index contributed by atoms with van der Waals surface area (Å²) in [6, 6.07) is 7.48. The molecule has 1 rings (SSSR count). The van der Waals surface area contributed by atoms with E-state index in [1.807, 2.05) is 42.1 Å². The number of rotatable bonds is 6. The third-order valence-electron chi connectivity index (χ3n) is 1.72. The standard InChI is InChI=1S/C12H15ClOS/c1-3-7-15-9-10(2)14-12-6-4-5-11(13)8-12/h3-6,8,10H,1,7,9H2,2H3. The lowest BCUT2D eigenvalue weighted by Gasteiger charge is -2.13. The Morgan fingerprint density at radius 1 is 1.60 bits per heavy atom. The Morgan fingerprint density at radius 2 is 2.40 bits per heavy atom. The van der Waals surface area contributed by atoms with Crippen molar-refractivity contribution in [2.75, 3.05) is 11.5 Å². The van der Waals surface area contributed by atoms with Crippen molar-refractivity contribution in [3.05, 3.63) is 41.9 Å². The van der Waals surface area contributed by atoms with Crippen molar-refractivity contribution in [2.45, 2.75) is 13.0 Å². The number of hydrogen-bond donors (Lipinski definition) is 0. The predicted molar refractivity (Wildman–Crippen MR) is 69.1 cm³/mol. The quantitative estimate of drug-likeness (QED) is 0.550. The molecule has 0 fully saturated rings. The summed E-state index contributed by atoms with van der Waals surface area (Å²) in [6.07, 6.45) is 2.09. The monoisotopic (exact) mass is 242 g/mol. The van der Waals surface area contributed by atoms with Gasteiger partial charge in [-0.05, 0) is 25.1 Å². The maximum absolute atomic E-state index is 5.86. The van der Waals surface area contributed by atoms with Gasteiger partial charge in [0.2, 0.25) is 0 Å². The van der Waals surface area contributed by atoms with Gasteiger partial charge in [0.15, 0.2) is 0 Å². The molecule has 0 N–H and O–H groups in total. The molecule has 0 bridgehead atoms. The zero-order chi connectivity index (χ0) is 11.1. The van der Waals surface area contributed by atoms with Gasteiger partial charge in [-0.15, -0.1) is 6.58 Å². The molecule has 0 aliphatic carbocycles. The molecule has 0 aromatic heterocycles. The van der Waals surface area contributed by atoms with Crippen molar-refractivity contribution in [3.8, 4) is 5.75 Å². The molecule has 1 aromatic carbocycles. The lowest BCUT2D eigenvalue weighted by atomic mass is 10.3. The van der Waals surface area contributed by atoms with E-state index in [1.54, 1.807) is 0 Å². The van der Waals surface area contributed by atoms with Gasteiger partial charge in [0.1, 0.15) is 11.9 Å². The summed E-state index contributed by atoms with van der Waals surface area (Å²) < 4.78 is 5.70. The SMILES string of the molecule is C=CCSCC(C)Oc1cccc(Cl)c1. The Bertz CT molecular complexity index is 314. The average Bonchev–Trinajstić information content (AvgIpc) is 2.18. The molecule has 3 heteroatoms. The summed E-state index contributed by atoms with van der Waals surface area (Å²) >= 11 is 7.67. The highest BCUT2D eigenvalue weighted by atomic mass is 35.5. The first-order chi connectivity index (χ1) is 7.22. The molecule has 15 heavy (non-hydrogen) atoms. The third-order valence-corrected chi connectivity index (χ3v) is 3.13. The minimum Gasteiger partial charge on any atom is -0.490 e. The molecule has 0 radical (unpaired) electrons. The van der Waals surface area contributed by atoms with Crippen LogP contribution in [0, 0.1) is 0 Å². The van der Waals surface area contributed by atoms with Gasteiger partial charge in [0.25, 0.3) is 0 Å². The van der Waals surface area contributed by atoms with Crippen molar-refractivity contribution in [1.29, 1.82) is 0 Å². The Morgan fingerprint density at radius 3 is 3.07 bits per heavy atom. The number of thioether (sulfide) groups is 1. The van der Waals surface area contributed by atoms with Gasteiger partial charge in [0.05, 0.1) is 0 Å². The van der Waals surface area contributed by atoms with Crippen LogP contribution in [0.4, 0.5) is 0 Å². The molecule has 0 aliphatic heterocycles. The maximum Gasteiger partial charge on any atom is 0.121 e. The summed E-state index contributed by atoms with van der Waals surface area (Å²) in [6.45, 7) is 5.73. The van der Waals surface area contributed by atoms with Crippen molar-refractivity contribution in [3.63, 3.8) is 0 Å². The normalized spacial score (nSPS) is 12.1. The summed E-state index contributed by atoms with van der Waals surface area (Å²) in [5.74, 6) is 2.75. The van der Waals surface area contributed by atoms with Crippen LogP contribution in [0.3, 0.4) is 0 Å². The molecule has 0 heterocycles. The van der Waals surface area contributed by atoms with Crippen LogP contribution in [0.5, 0.6) is 5.75 Å². The van der Waals surface area contributed by atoms with Crippen LogP contribution < -0.4 is 4.74 Å². The van der Waals surface area contributed by atoms with E-state index in [0.717, 1.165) is 17.3 Å². The molecule has 1 unspecified atom stereocenters. The molecule has 0 aliphatic rings. The van der Waals surface area contributed by atoms with E-state index in [1.165, 1.54) is 0 Å². The second kappa shape index (κ2) is 6.81. The zero-order valence-electron chi connectivity index (χ0n) is 8.78. The second-order valence-electron chi connectivity index (χ2n) is 3.21. The minimum absolute atomic E-state index is 0.188. The van der Waals surface area contributed by atoms with Crippen LogP contribution >= 0.6 is 23.4 Å². The second-order valence-corrected chi connectivity index (χ2v) is 4.72. The molecule has 1 nitrogen and oxygen atoms in total. The first-order valence-electron chi connectivity index (χ1n) is 4.83. The largest absolute Gasteiger partial charge is 0.490 e. The van der Waals surface area contributed by atoms with Gasteiger partial charge >= 0.3 is 0 Å². The highest BCUT2D eigenvalue weighted by Crippen LogP contribution is 2.19. The first kappa shape index (κ1) is 12.5. The molecule has 1 atom stereocenters. The van der Waals surface area contributed by atoms with Crippen LogP contribution in [0.15, 0.2) is 36.9 Å². The Hall–Kier alpha value is -0.600. The van der Waals surface area contributed by atoms with Crippen molar-refractivity contribution in [2.24, 2.45) is 0 Å². The van der Waals surface area contributed by atoms with Gasteiger partial charge in [-0.25, -0.2) is 0 Å². The van der Waals surface area contributed by atoms with Crippen LogP contribution in [-0.4, -0.2) is 17.6 Å². The zero-order valence-corrected chi connectivity index (χ0v) is 10.4. The molecular weight excluding hydrogens is 228 g/mol. The average molecular weight is 243 g/mol. The van der Waals surface area contributed by atoms with Gasteiger partial charge in [-0.3, -0.25) is 0 Å². The van der Waals surface area contributed by atoms with Gasteiger partial charge in [-0.2, -0.15) is 11.8 Å². The fourth-order valence-corrected chi connectivity index (χ4v) is 2.01. The molecule has 0 saturated heterocycles. The molecule has 0 amide bonds. The van der Waals surface area contributed by atoms with Gasteiger partial charge < -0.3 is 4.74 Å². The fourth-order valence-electron chi connectivity index (χ4n) is 1.12. The highest BCUT2D eigenvalue weighted by Gasteiger charge is 2.03. The smallest absolute Gasteiger partial charge is 0.121 e. The first-order valence-corrected chi connectivity index (χ1v) is 6.36. The van der Waals surface area contributed by atoms with Crippen LogP contribution in [0.25, 0.3) is 0 Å². The Kier molecular flexibility index (Phi) is 5.66. The minimum atomic E-state index is 0.188. The van der Waals surface area contributed by atoms with Crippen LogP contribution in [-0.2, 0) is 0 Å². The summed E-state index contributed by atoms with van der Waals surface area (Å²) in [4.78, 5) is 0. The van der Waals surface area contributed by atoms with E-state index in [4.69, 9.17) is 16.3 Å². The van der Waals surface area contributed by atoms with E-state index in [9.17, 15) is 0 Å². The van der Waals surface area contributed by atoms with Crippen molar-refractivity contribution >= 4 is 23.4 Å². The lowest BCUT2D eigenvalue weighted by molar-refractivity contribution is 0.247. The predicted octanol–water partition coefficient (Wildman–Crippen LogP) is 4.03. The van der Waals surface area contributed by atoms with E-state index in [0.29, 0.717) is 5.02 Å². The maximum atomic E-state index is 5.86. The highest BCUT2D eigenvalue weighted by molar-refractivity contribution is 7.99. The van der Waals surface area contributed by atoms with E-state index < -0.39 is 0 Å². The summed E-state index contributed by atoms with van der Waals surface area (Å²) in [5.41, 5.74) is 0. The summed E-state index contributed by atoms with van der Waals surface area (Å²) in [5, 5.41) is 0.707. The molecular formula is C12H15ClOS. The third kappa shape index (κ3) is 5.14. The van der Waals surface area contributed by atoms with Crippen molar-refractivity contribution in [1.82, 2.24) is 0 Å².